The Labute approximate surface area is 137 Å². The van der Waals surface area contributed by atoms with Gasteiger partial charge in [0.15, 0.2) is 10.8 Å². The molecule has 0 saturated carbocycles. The average molecular weight is 370 g/mol. The summed E-state index contributed by atoms with van der Waals surface area (Å²) in [6.07, 6.45) is 0. The summed E-state index contributed by atoms with van der Waals surface area (Å²) in [5, 5.41) is 6.81. The van der Waals surface area contributed by atoms with Crippen molar-refractivity contribution in [2.75, 3.05) is 14.1 Å². The zero-order valence-corrected chi connectivity index (χ0v) is 14.3. The minimum absolute atomic E-state index is 0.00405. The van der Waals surface area contributed by atoms with E-state index in [4.69, 9.17) is 17.0 Å². The minimum Gasteiger partial charge on any atom is -0.467 e. The molecule has 1 aromatic carbocycles. The summed E-state index contributed by atoms with van der Waals surface area (Å²) in [5.74, 6) is 0.354. The van der Waals surface area contributed by atoms with Gasteiger partial charge in [-0.15, -0.1) is 0 Å². The number of amides is 1. The molecule has 2 aliphatic heterocycles. The van der Waals surface area contributed by atoms with Crippen LogP contribution in [0.4, 0.5) is 0 Å². The highest BCUT2D eigenvalue weighted by Crippen LogP contribution is 2.46. The number of hydrogen-bond acceptors (Lipinski definition) is 3. The van der Waals surface area contributed by atoms with Crippen LogP contribution in [0.15, 0.2) is 22.7 Å². The quantitative estimate of drug-likeness (QED) is 0.739. The molecule has 21 heavy (non-hydrogen) atoms. The molecule has 3 atom stereocenters. The van der Waals surface area contributed by atoms with Gasteiger partial charge in [0, 0.05) is 24.1 Å². The number of carbonyl (C=O) groups is 1. The lowest BCUT2D eigenvalue weighted by Crippen LogP contribution is -2.70. The number of nitrogens with one attached hydrogen (secondary N) is 2. The van der Waals surface area contributed by atoms with Gasteiger partial charge in [-0.1, -0.05) is 15.9 Å². The van der Waals surface area contributed by atoms with Crippen LogP contribution in [0.5, 0.6) is 5.75 Å². The smallest absolute Gasteiger partial charge is 0.233 e. The highest BCUT2D eigenvalue weighted by atomic mass is 79.9. The van der Waals surface area contributed by atoms with Crippen LogP contribution < -0.4 is 15.4 Å². The first kappa shape index (κ1) is 14.6. The number of thiocarbonyl (C=S) groups is 1. The zero-order chi connectivity index (χ0) is 15.4. The summed E-state index contributed by atoms with van der Waals surface area (Å²) < 4.78 is 7.03. The SMILES string of the molecule is CN(C)C(=O)[C@H]1[C@H]2NC(=S)N[C@@]1(C)Oc1ccc(Br)cc12. The van der Waals surface area contributed by atoms with Gasteiger partial charge in [0.25, 0.3) is 0 Å². The highest BCUT2D eigenvalue weighted by molar-refractivity contribution is 9.10. The molecule has 1 aromatic rings. The third-order valence-electron chi connectivity index (χ3n) is 3.91. The van der Waals surface area contributed by atoms with Gasteiger partial charge in [0.05, 0.1) is 6.04 Å². The van der Waals surface area contributed by atoms with Gasteiger partial charge in [-0.05, 0) is 37.3 Å². The van der Waals surface area contributed by atoms with Gasteiger partial charge in [0.1, 0.15) is 11.7 Å². The molecular weight excluding hydrogens is 354 g/mol. The second-order valence-electron chi connectivity index (χ2n) is 5.68. The van der Waals surface area contributed by atoms with E-state index in [1.807, 2.05) is 25.1 Å². The third kappa shape index (κ3) is 2.28. The largest absolute Gasteiger partial charge is 0.467 e. The molecule has 2 heterocycles. The van der Waals surface area contributed by atoms with Gasteiger partial charge >= 0.3 is 0 Å². The molecule has 2 aliphatic rings. The van der Waals surface area contributed by atoms with Crippen LogP contribution in [0, 0.1) is 5.92 Å². The summed E-state index contributed by atoms with van der Waals surface area (Å²) in [7, 11) is 3.49. The van der Waals surface area contributed by atoms with Crippen molar-refractivity contribution in [1.29, 1.82) is 0 Å². The zero-order valence-electron chi connectivity index (χ0n) is 11.9. The van der Waals surface area contributed by atoms with Crippen LogP contribution in [0.25, 0.3) is 0 Å². The molecule has 112 valence electrons. The predicted octanol–water partition coefficient (Wildman–Crippen LogP) is 1.78. The molecule has 5 nitrogen and oxygen atoms in total. The van der Waals surface area contributed by atoms with Gasteiger partial charge in [-0.3, -0.25) is 4.79 Å². The number of hydrogen-bond donors (Lipinski definition) is 2. The van der Waals surface area contributed by atoms with E-state index in [1.165, 1.54) is 0 Å². The molecule has 0 radical (unpaired) electrons. The minimum atomic E-state index is -0.852. The lowest BCUT2D eigenvalue weighted by Gasteiger charge is -2.51. The van der Waals surface area contributed by atoms with Gasteiger partial charge in [-0.25, -0.2) is 0 Å². The number of fused-ring (bicyclic) bond motifs is 4. The van der Waals surface area contributed by atoms with Crippen LogP contribution >= 0.6 is 28.1 Å². The molecule has 3 rings (SSSR count). The summed E-state index contributed by atoms with van der Waals surface area (Å²) in [6, 6.07) is 5.58. The molecule has 0 aliphatic carbocycles. The predicted molar refractivity (Wildman–Crippen MR) is 87.0 cm³/mol. The van der Waals surface area contributed by atoms with Crippen molar-refractivity contribution in [3.05, 3.63) is 28.2 Å². The first-order chi connectivity index (χ1) is 9.82. The van der Waals surface area contributed by atoms with Crippen molar-refractivity contribution < 1.29 is 9.53 Å². The number of carbonyl (C=O) groups excluding carboxylic acids is 1. The van der Waals surface area contributed by atoms with E-state index in [0.29, 0.717) is 5.11 Å². The normalized spacial score (nSPS) is 29.6. The number of nitrogens with zero attached hydrogens (tertiary/aromatic N) is 1. The standard InChI is InChI=1S/C14H16BrN3O2S/c1-14-10(12(19)18(2)3)11(16-13(21)17-14)8-6-7(15)4-5-9(8)20-14/h4-6,10-11H,1-3H3,(H2,16,17,21)/t10-,11+,14+/m1/s1. The molecule has 1 amide bonds. The monoisotopic (exact) mass is 369 g/mol. The van der Waals surface area contributed by atoms with E-state index in [2.05, 4.69) is 26.6 Å². The van der Waals surface area contributed by atoms with Crippen molar-refractivity contribution in [2.45, 2.75) is 18.7 Å². The van der Waals surface area contributed by atoms with Crippen LogP contribution in [0.1, 0.15) is 18.5 Å². The molecule has 0 aromatic heterocycles. The van der Waals surface area contributed by atoms with Crippen LogP contribution in [-0.2, 0) is 4.79 Å². The Morgan fingerprint density at radius 1 is 1.48 bits per heavy atom. The topological polar surface area (TPSA) is 53.6 Å². The Kier molecular flexibility index (Phi) is 3.37. The van der Waals surface area contributed by atoms with Crippen LogP contribution in [0.2, 0.25) is 0 Å². The second kappa shape index (κ2) is 4.84. The fraction of sp³-hybridized carbons (Fsp3) is 0.429. The van der Waals surface area contributed by atoms with Crippen molar-refractivity contribution in [3.8, 4) is 5.75 Å². The summed E-state index contributed by atoms with van der Waals surface area (Å²) in [5.41, 5.74) is 0.0840. The number of ether oxygens (including phenoxy) is 1. The second-order valence-corrected chi connectivity index (χ2v) is 7.00. The Morgan fingerprint density at radius 2 is 2.19 bits per heavy atom. The third-order valence-corrected chi connectivity index (χ3v) is 4.62. The molecule has 0 spiro atoms. The maximum Gasteiger partial charge on any atom is 0.233 e. The maximum atomic E-state index is 12.6. The summed E-state index contributed by atoms with van der Waals surface area (Å²) in [4.78, 5) is 14.2. The van der Waals surface area contributed by atoms with Crippen LogP contribution in [0.3, 0.4) is 0 Å². The summed E-state index contributed by atoms with van der Waals surface area (Å²) in [6.45, 7) is 1.87. The van der Waals surface area contributed by atoms with E-state index in [1.54, 1.807) is 19.0 Å². The number of rotatable bonds is 1. The number of halogens is 1. The van der Waals surface area contributed by atoms with Crippen LogP contribution in [-0.4, -0.2) is 35.7 Å². The number of benzene rings is 1. The molecule has 7 heteroatoms. The van der Waals surface area contributed by atoms with Crippen molar-refractivity contribution in [2.24, 2.45) is 5.92 Å². The fourth-order valence-electron chi connectivity index (χ4n) is 2.97. The Balaban J connectivity index is 2.15. The lowest BCUT2D eigenvalue weighted by atomic mass is 9.79. The van der Waals surface area contributed by atoms with Gasteiger partial charge in [-0.2, -0.15) is 0 Å². The molecule has 1 saturated heterocycles. The Morgan fingerprint density at radius 3 is 2.86 bits per heavy atom. The molecule has 2 N–H and O–H groups in total. The molecule has 1 fully saturated rings. The van der Waals surface area contributed by atoms with E-state index >= 15 is 0 Å². The average Bonchev–Trinajstić information content (AvgIpc) is 2.37. The fourth-order valence-corrected chi connectivity index (χ4v) is 3.68. The first-order valence-electron chi connectivity index (χ1n) is 6.60. The summed E-state index contributed by atoms with van der Waals surface area (Å²) >= 11 is 8.73. The Hall–Kier alpha value is -1.34. The first-order valence-corrected chi connectivity index (χ1v) is 7.80. The lowest BCUT2D eigenvalue weighted by molar-refractivity contribution is -0.146. The highest BCUT2D eigenvalue weighted by Gasteiger charge is 2.55. The van der Waals surface area contributed by atoms with E-state index in [0.717, 1.165) is 15.8 Å². The van der Waals surface area contributed by atoms with E-state index < -0.39 is 11.6 Å². The van der Waals surface area contributed by atoms with Gasteiger partial charge in [0.2, 0.25) is 5.91 Å². The Bertz CT molecular complexity index is 637. The van der Waals surface area contributed by atoms with Crippen molar-refractivity contribution >= 4 is 39.2 Å². The van der Waals surface area contributed by atoms with Crippen molar-refractivity contribution in [1.82, 2.24) is 15.5 Å². The maximum absolute atomic E-state index is 12.6. The molecule has 2 bridgehead atoms. The van der Waals surface area contributed by atoms with Gasteiger partial charge < -0.3 is 20.3 Å². The van der Waals surface area contributed by atoms with Crippen molar-refractivity contribution in [3.63, 3.8) is 0 Å². The molecule has 0 unspecified atom stereocenters. The molecular formula is C14H16BrN3O2S. The van der Waals surface area contributed by atoms with E-state index in [9.17, 15) is 4.79 Å². The van der Waals surface area contributed by atoms with E-state index in [-0.39, 0.29) is 11.9 Å².